The fourth-order valence-corrected chi connectivity index (χ4v) is 2.24. The van der Waals surface area contributed by atoms with Crippen LogP contribution < -0.4 is 15.2 Å². The van der Waals surface area contributed by atoms with Gasteiger partial charge in [0, 0.05) is 5.69 Å². The molecule has 1 unspecified atom stereocenters. The Balaban J connectivity index is 1.99. The van der Waals surface area contributed by atoms with E-state index in [9.17, 15) is 13.2 Å². The van der Waals surface area contributed by atoms with Crippen LogP contribution in [0.5, 0.6) is 5.75 Å². The standard InChI is InChI=1S/C15H16N2O4S/c1-11(21-13-5-3-2-4-6-13)15(18)17-12-7-9-14(10-8-12)22(16,19)20/h2-11H,1H3,(H,17,18)(H2,16,19,20). The molecule has 7 heteroatoms. The summed E-state index contributed by atoms with van der Waals surface area (Å²) in [5, 5.41) is 7.65. The summed E-state index contributed by atoms with van der Waals surface area (Å²) in [6.07, 6.45) is -0.694. The molecule has 0 spiro atoms. The first kappa shape index (κ1) is 16.0. The van der Waals surface area contributed by atoms with Crippen molar-refractivity contribution in [2.24, 2.45) is 5.14 Å². The average molecular weight is 320 g/mol. The van der Waals surface area contributed by atoms with Crippen LogP contribution in [-0.2, 0) is 14.8 Å². The summed E-state index contributed by atoms with van der Waals surface area (Å²) < 4.78 is 27.8. The monoisotopic (exact) mass is 320 g/mol. The zero-order chi connectivity index (χ0) is 16.2. The summed E-state index contributed by atoms with van der Waals surface area (Å²) >= 11 is 0. The van der Waals surface area contributed by atoms with Gasteiger partial charge in [0.1, 0.15) is 5.75 Å². The Morgan fingerprint density at radius 2 is 1.68 bits per heavy atom. The molecule has 0 aliphatic heterocycles. The predicted molar refractivity (Wildman–Crippen MR) is 83.0 cm³/mol. The maximum atomic E-state index is 12.0. The minimum absolute atomic E-state index is 0.0147. The van der Waals surface area contributed by atoms with Crippen LogP contribution in [0.25, 0.3) is 0 Å². The number of carbonyl (C=O) groups is 1. The normalized spacial score (nSPS) is 12.5. The molecule has 0 aliphatic carbocycles. The fourth-order valence-electron chi connectivity index (χ4n) is 1.73. The number of hydrogen-bond acceptors (Lipinski definition) is 4. The van der Waals surface area contributed by atoms with Crippen LogP contribution in [0.3, 0.4) is 0 Å². The van der Waals surface area contributed by atoms with Gasteiger partial charge in [0.15, 0.2) is 6.10 Å². The number of sulfonamides is 1. The van der Waals surface area contributed by atoms with Gasteiger partial charge < -0.3 is 10.1 Å². The third-order valence-corrected chi connectivity index (χ3v) is 3.80. The van der Waals surface area contributed by atoms with Crippen LogP contribution >= 0.6 is 0 Å². The molecule has 1 amide bonds. The number of hydrogen-bond donors (Lipinski definition) is 2. The number of rotatable bonds is 5. The first-order chi connectivity index (χ1) is 10.4. The molecule has 0 aliphatic rings. The Morgan fingerprint density at radius 3 is 2.23 bits per heavy atom. The number of nitrogens with one attached hydrogen (secondary N) is 1. The van der Waals surface area contributed by atoms with Crippen molar-refractivity contribution in [3.05, 3.63) is 54.6 Å². The van der Waals surface area contributed by atoms with Gasteiger partial charge in [-0.15, -0.1) is 0 Å². The Kier molecular flexibility index (Phi) is 4.79. The molecule has 0 aromatic heterocycles. The van der Waals surface area contributed by atoms with Crippen molar-refractivity contribution in [1.82, 2.24) is 0 Å². The van der Waals surface area contributed by atoms with Gasteiger partial charge in [-0.05, 0) is 43.3 Å². The van der Waals surface area contributed by atoms with Gasteiger partial charge >= 0.3 is 0 Å². The second-order valence-electron chi connectivity index (χ2n) is 4.63. The zero-order valence-corrected chi connectivity index (χ0v) is 12.7. The van der Waals surface area contributed by atoms with E-state index in [0.29, 0.717) is 11.4 Å². The van der Waals surface area contributed by atoms with Crippen LogP contribution in [0.15, 0.2) is 59.5 Å². The van der Waals surface area contributed by atoms with E-state index in [4.69, 9.17) is 9.88 Å². The highest BCUT2D eigenvalue weighted by molar-refractivity contribution is 7.89. The fraction of sp³-hybridized carbons (Fsp3) is 0.133. The summed E-state index contributed by atoms with van der Waals surface area (Å²) in [6.45, 7) is 1.63. The smallest absolute Gasteiger partial charge is 0.265 e. The van der Waals surface area contributed by atoms with Crippen LogP contribution in [0.2, 0.25) is 0 Å². The van der Waals surface area contributed by atoms with E-state index < -0.39 is 16.1 Å². The van der Waals surface area contributed by atoms with E-state index in [-0.39, 0.29) is 10.8 Å². The SMILES string of the molecule is CC(Oc1ccccc1)C(=O)Nc1ccc(S(N)(=O)=O)cc1. The summed E-state index contributed by atoms with van der Waals surface area (Å²) in [5.41, 5.74) is 0.459. The van der Waals surface area contributed by atoms with Gasteiger partial charge in [-0.1, -0.05) is 18.2 Å². The van der Waals surface area contributed by atoms with Gasteiger partial charge in [0.25, 0.3) is 5.91 Å². The zero-order valence-electron chi connectivity index (χ0n) is 11.9. The number of anilines is 1. The highest BCUT2D eigenvalue weighted by atomic mass is 32.2. The van der Waals surface area contributed by atoms with E-state index >= 15 is 0 Å². The summed E-state index contributed by atoms with van der Waals surface area (Å²) in [7, 11) is -3.74. The molecule has 116 valence electrons. The maximum absolute atomic E-state index is 12.0. The van der Waals surface area contributed by atoms with Crippen LogP contribution in [-0.4, -0.2) is 20.4 Å². The summed E-state index contributed by atoms with van der Waals surface area (Å²) in [5.74, 6) is 0.252. The van der Waals surface area contributed by atoms with Crippen molar-refractivity contribution in [3.63, 3.8) is 0 Å². The molecule has 0 bridgehead atoms. The van der Waals surface area contributed by atoms with E-state index in [1.54, 1.807) is 19.1 Å². The summed E-state index contributed by atoms with van der Waals surface area (Å²) in [6, 6.07) is 14.6. The van der Waals surface area contributed by atoms with Crippen molar-refractivity contribution in [2.75, 3.05) is 5.32 Å². The van der Waals surface area contributed by atoms with E-state index in [1.807, 2.05) is 18.2 Å². The quantitative estimate of drug-likeness (QED) is 0.876. The van der Waals surface area contributed by atoms with Crippen LogP contribution in [0.4, 0.5) is 5.69 Å². The second kappa shape index (κ2) is 6.59. The number of carbonyl (C=O) groups excluding carboxylic acids is 1. The van der Waals surface area contributed by atoms with Crippen molar-refractivity contribution >= 4 is 21.6 Å². The molecule has 2 rings (SSSR count). The third kappa shape index (κ3) is 4.31. The Bertz CT molecular complexity index is 743. The Hall–Kier alpha value is -2.38. The molecule has 0 saturated heterocycles. The second-order valence-corrected chi connectivity index (χ2v) is 6.19. The van der Waals surface area contributed by atoms with Crippen molar-refractivity contribution in [1.29, 1.82) is 0 Å². The highest BCUT2D eigenvalue weighted by Crippen LogP contribution is 2.15. The van der Waals surface area contributed by atoms with Gasteiger partial charge in [0.05, 0.1) is 4.90 Å². The molecular weight excluding hydrogens is 304 g/mol. The number of benzene rings is 2. The van der Waals surface area contributed by atoms with Crippen molar-refractivity contribution < 1.29 is 17.9 Å². The van der Waals surface area contributed by atoms with Gasteiger partial charge in [-0.3, -0.25) is 4.79 Å². The van der Waals surface area contributed by atoms with Gasteiger partial charge in [0.2, 0.25) is 10.0 Å². The summed E-state index contributed by atoms with van der Waals surface area (Å²) in [4.78, 5) is 12.0. The molecule has 2 aromatic rings. The highest BCUT2D eigenvalue weighted by Gasteiger charge is 2.15. The lowest BCUT2D eigenvalue weighted by Crippen LogP contribution is -2.30. The van der Waals surface area contributed by atoms with Gasteiger partial charge in [-0.25, -0.2) is 13.6 Å². The number of nitrogens with two attached hydrogens (primary N) is 1. The van der Waals surface area contributed by atoms with Crippen LogP contribution in [0.1, 0.15) is 6.92 Å². The maximum Gasteiger partial charge on any atom is 0.265 e. The average Bonchev–Trinajstić information content (AvgIpc) is 2.48. The number of primary sulfonamides is 1. The molecule has 0 heterocycles. The largest absolute Gasteiger partial charge is 0.481 e. The number of ether oxygens (including phenoxy) is 1. The van der Waals surface area contributed by atoms with Gasteiger partial charge in [-0.2, -0.15) is 0 Å². The molecule has 22 heavy (non-hydrogen) atoms. The molecule has 0 fully saturated rings. The molecule has 0 radical (unpaired) electrons. The van der Waals surface area contributed by atoms with Crippen LogP contribution in [0, 0.1) is 0 Å². The molecule has 3 N–H and O–H groups in total. The first-order valence-corrected chi connectivity index (χ1v) is 8.06. The molecule has 6 nitrogen and oxygen atoms in total. The first-order valence-electron chi connectivity index (χ1n) is 6.52. The lowest BCUT2D eigenvalue weighted by Gasteiger charge is -2.14. The minimum atomic E-state index is -3.74. The molecule has 0 saturated carbocycles. The molecule has 1 atom stereocenters. The Morgan fingerprint density at radius 1 is 1.09 bits per heavy atom. The molecular formula is C15H16N2O4S. The van der Waals surface area contributed by atoms with Crippen molar-refractivity contribution in [2.45, 2.75) is 17.9 Å². The van der Waals surface area contributed by atoms with E-state index in [0.717, 1.165) is 0 Å². The van der Waals surface area contributed by atoms with Crippen molar-refractivity contribution in [3.8, 4) is 5.75 Å². The number of para-hydroxylation sites is 1. The van der Waals surface area contributed by atoms with E-state index in [1.165, 1.54) is 24.3 Å². The lowest BCUT2D eigenvalue weighted by molar-refractivity contribution is -0.122. The minimum Gasteiger partial charge on any atom is -0.481 e. The number of amides is 1. The van der Waals surface area contributed by atoms with E-state index in [2.05, 4.69) is 5.32 Å². The Labute approximate surface area is 129 Å². The third-order valence-electron chi connectivity index (χ3n) is 2.88. The lowest BCUT2D eigenvalue weighted by atomic mass is 10.3. The molecule has 2 aromatic carbocycles. The predicted octanol–water partition coefficient (Wildman–Crippen LogP) is 1.74. The topological polar surface area (TPSA) is 98.5 Å².